The van der Waals surface area contributed by atoms with Crippen molar-refractivity contribution in [3.05, 3.63) is 29.7 Å². The van der Waals surface area contributed by atoms with E-state index in [2.05, 4.69) is 45.4 Å². The zero-order chi connectivity index (χ0) is 13.0. The Morgan fingerprint density at radius 2 is 2.33 bits per heavy atom. The summed E-state index contributed by atoms with van der Waals surface area (Å²) < 4.78 is 0. The molecule has 0 bridgehead atoms. The maximum absolute atomic E-state index is 4.42. The van der Waals surface area contributed by atoms with Gasteiger partial charge >= 0.3 is 0 Å². The van der Waals surface area contributed by atoms with Crippen LogP contribution in [0.5, 0.6) is 0 Å². The van der Waals surface area contributed by atoms with E-state index in [0.717, 1.165) is 17.4 Å². The molecule has 2 aromatic heterocycles. The molecule has 0 aliphatic carbocycles. The minimum Gasteiger partial charge on any atom is -0.310 e. The third kappa shape index (κ3) is 3.08. The molecule has 0 aliphatic heterocycles. The molecule has 1 unspecified atom stereocenters. The number of aromatic nitrogens is 4. The van der Waals surface area contributed by atoms with E-state index in [1.54, 1.807) is 6.20 Å². The quantitative estimate of drug-likeness (QED) is 0.866. The fraction of sp³-hybridized carbons (Fsp3) is 0.417. The van der Waals surface area contributed by atoms with E-state index in [1.165, 1.54) is 17.3 Å². The maximum Gasteiger partial charge on any atom is 0.214 e. The number of rotatable bonds is 5. The second-order valence-electron chi connectivity index (χ2n) is 3.98. The summed E-state index contributed by atoms with van der Waals surface area (Å²) in [7, 11) is 0. The molecule has 0 aliphatic rings. The summed E-state index contributed by atoms with van der Waals surface area (Å²) in [5.41, 5.74) is 1.17. The van der Waals surface area contributed by atoms with Gasteiger partial charge in [-0.1, -0.05) is 13.0 Å². The molecule has 2 heterocycles. The number of aryl methyl sites for hydroxylation is 1. The number of H-pyrrole nitrogens is 1. The molecular formula is C12H17N5S. The molecule has 0 spiro atoms. The Labute approximate surface area is 111 Å². The summed E-state index contributed by atoms with van der Waals surface area (Å²) in [6.45, 7) is 7.05. The molecule has 18 heavy (non-hydrogen) atoms. The van der Waals surface area contributed by atoms with Gasteiger partial charge in [0.2, 0.25) is 5.16 Å². The van der Waals surface area contributed by atoms with Gasteiger partial charge in [-0.2, -0.15) is 0 Å². The summed E-state index contributed by atoms with van der Waals surface area (Å²) in [5.74, 6) is 0.815. The van der Waals surface area contributed by atoms with E-state index < -0.39 is 0 Å². The second-order valence-corrected chi connectivity index (χ2v) is 4.94. The standard InChI is InChI=1S/C12H17N5S/c1-4-13-8(2)10-6-5-7-14-11(10)18-12-15-9(3)16-17-12/h5-8,13H,4H2,1-3H3,(H,15,16,17). The molecule has 0 radical (unpaired) electrons. The van der Waals surface area contributed by atoms with Gasteiger partial charge in [-0.15, -0.1) is 5.10 Å². The van der Waals surface area contributed by atoms with Crippen LogP contribution in [-0.4, -0.2) is 26.7 Å². The lowest BCUT2D eigenvalue weighted by atomic mass is 10.1. The maximum atomic E-state index is 4.42. The van der Waals surface area contributed by atoms with Gasteiger partial charge in [0, 0.05) is 17.8 Å². The number of nitrogens with one attached hydrogen (secondary N) is 2. The van der Waals surface area contributed by atoms with E-state index in [0.29, 0.717) is 5.16 Å². The van der Waals surface area contributed by atoms with Crippen LogP contribution in [0, 0.1) is 6.92 Å². The third-order valence-electron chi connectivity index (χ3n) is 2.54. The van der Waals surface area contributed by atoms with Crippen LogP contribution >= 0.6 is 11.8 Å². The van der Waals surface area contributed by atoms with Gasteiger partial charge in [0.25, 0.3) is 0 Å². The average Bonchev–Trinajstić information content (AvgIpc) is 2.76. The van der Waals surface area contributed by atoms with Crippen molar-refractivity contribution in [2.24, 2.45) is 0 Å². The van der Waals surface area contributed by atoms with E-state index >= 15 is 0 Å². The summed E-state index contributed by atoms with van der Waals surface area (Å²) in [5, 5.41) is 12.0. The molecule has 96 valence electrons. The molecule has 1 atom stereocenters. The van der Waals surface area contributed by atoms with Crippen molar-refractivity contribution in [1.29, 1.82) is 0 Å². The smallest absolute Gasteiger partial charge is 0.214 e. The van der Waals surface area contributed by atoms with Crippen LogP contribution in [0.4, 0.5) is 0 Å². The number of nitrogens with zero attached hydrogens (tertiary/aromatic N) is 3. The highest BCUT2D eigenvalue weighted by Crippen LogP contribution is 2.29. The van der Waals surface area contributed by atoms with Crippen LogP contribution in [-0.2, 0) is 0 Å². The Bertz CT molecular complexity index is 511. The SMILES string of the molecule is CCNC(C)c1cccnc1Sc1n[nH]c(C)n1. The van der Waals surface area contributed by atoms with Crippen LogP contribution in [0.25, 0.3) is 0 Å². The lowest BCUT2D eigenvalue weighted by Gasteiger charge is -2.14. The molecule has 5 nitrogen and oxygen atoms in total. The van der Waals surface area contributed by atoms with Crippen LogP contribution in [0.2, 0.25) is 0 Å². The van der Waals surface area contributed by atoms with E-state index in [1.807, 2.05) is 13.0 Å². The molecule has 2 rings (SSSR count). The first-order valence-corrected chi connectivity index (χ1v) is 6.77. The number of aromatic amines is 1. The molecule has 0 saturated heterocycles. The van der Waals surface area contributed by atoms with Gasteiger partial charge in [0.1, 0.15) is 10.9 Å². The highest BCUT2D eigenvalue weighted by Gasteiger charge is 2.13. The number of hydrogen-bond acceptors (Lipinski definition) is 5. The van der Waals surface area contributed by atoms with Gasteiger partial charge < -0.3 is 5.32 Å². The van der Waals surface area contributed by atoms with Crippen molar-refractivity contribution in [3.63, 3.8) is 0 Å². The molecule has 2 N–H and O–H groups in total. The number of pyridine rings is 1. The molecule has 0 fully saturated rings. The van der Waals surface area contributed by atoms with Crippen molar-refractivity contribution in [3.8, 4) is 0 Å². The van der Waals surface area contributed by atoms with Crippen molar-refractivity contribution < 1.29 is 0 Å². The van der Waals surface area contributed by atoms with E-state index in [9.17, 15) is 0 Å². The van der Waals surface area contributed by atoms with Crippen LogP contribution in [0.1, 0.15) is 31.3 Å². The van der Waals surface area contributed by atoms with Gasteiger partial charge in [-0.25, -0.2) is 9.97 Å². The fourth-order valence-corrected chi connectivity index (χ4v) is 2.61. The summed E-state index contributed by atoms with van der Waals surface area (Å²) in [6.07, 6.45) is 1.80. The predicted molar refractivity (Wildman–Crippen MR) is 71.6 cm³/mol. The zero-order valence-electron chi connectivity index (χ0n) is 10.8. The molecule has 0 saturated carbocycles. The Morgan fingerprint density at radius 1 is 1.50 bits per heavy atom. The second kappa shape index (κ2) is 5.97. The molecule has 6 heteroatoms. The van der Waals surface area contributed by atoms with Crippen molar-refractivity contribution >= 4 is 11.8 Å². The molecule has 0 aromatic carbocycles. The zero-order valence-corrected chi connectivity index (χ0v) is 11.6. The monoisotopic (exact) mass is 263 g/mol. The predicted octanol–water partition coefficient (Wildman–Crippen LogP) is 2.33. The average molecular weight is 263 g/mol. The van der Waals surface area contributed by atoms with E-state index in [4.69, 9.17) is 0 Å². The topological polar surface area (TPSA) is 66.5 Å². The lowest BCUT2D eigenvalue weighted by Crippen LogP contribution is -2.18. The largest absolute Gasteiger partial charge is 0.310 e. The Kier molecular flexibility index (Phi) is 4.33. The Balaban J connectivity index is 2.22. The van der Waals surface area contributed by atoms with Gasteiger partial charge in [0.15, 0.2) is 0 Å². The van der Waals surface area contributed by atoms with Crippen LogP contribution in [0.15, 0.2) is 28.5 Å². The number of hydrogen-bond donors (Lipinski definition) is 2. The molecule has 2 aromatic rings. The minimum absolute atomic E-state index is 0.270. The van der Waals surface area contributed by atoms with Gasteiger partial charge in [0.05, 0.1) is 0 Å². The molecular weight excluding hydrogens is 246 g/mol. The third-order valence-corrected chi connectivity index (χ3v) is 3.44. The fourth-order valence-electron chi connectivity index (χ4n) is 1.69. The van der Waals surface area contributed by atoms with Crippen molar-refractivity contribution in [2.45, 2.75) is 37.0 Å². The Hall–Kier alpha value is -1.40. The summed E-state index contributed by atoms with van der Waals surface area (Å²) in [4.78, 5) is 8.70. The first kappa shape index (κ1) is 13.0. The highest BCUT2D eigenvalue weighted by atomic mass is 32.2. The van der Waals surface area contributed by atoms with Crippen molar-refractivity contribution in [2.75, 3.05) is 6.54 Å². The summed E-state index contributed by atoms with van der Waals surface area (Å²) >= 11 is 1.48. The Morgan fingerprint density at radius 3 is 3.00 bits per heavy atom. The lowest BCUT2D eigenvalue weighted by molar-refractivity contribution is 0.585. The first-order valence-electron chi connectivity index (χ1n) is 5.96. The van der Waals surface area contributed by atoms with Gasteiger partial charge in [-0.3, -0.25) is 5.10 Å². The van der Waals surface area contributed by atoms with Crippen LogP contribution in [0.3, 0.4) is 0 Å². The summed E-state index contributed by atoms with van der Waals surface area (Å²) in [6, 6.07) is 4.31. The van der Waals surface area contributed by atoms with E-state index in [-0.39, 0.29) is 6.04 Å². The molecule has 0 amide bonds. The van der Waals surface area contributed by atoms with Gasteiger partial charge in [-0.05, 0) is 38.2 Å². The first-order chi connectivity index (χ1) is 8.70. The highest BCUT2D eigenvalue weighted by molar-refractivity contribution is 7.99. The van der Waals surface area contributed by atoms with Crippen LogP contribution < -0.4 is 5.32 Å². The van der Waals surface area contributed by atoms with Crippen molar-refractivity contribution in [1.82, 2.24) is 25.5 Å². The normalized spacial score (nSPS) is 12.6. The minimum atomic E-state index is 0.270.